The molecule has 0 atom stereocenters. The fourth-order valence-electron chi connectivity index (χ4n) is 1.15. The predicted molar refractivity (Wildman–Crippen MR) is 63.7 cm³/mol. The molecule has 0 aromatic carbocycles. The van der Waals surface area contributed by atoms with Crippen LogP contribution in [0.5, 0.6) is 0 Å². The van der Waals surface area contributed by atoms with Crippen molar-refractivity contribution in [1.82, 2.24) is 4.90 Å². The molecule has 0 bridgehead atoms. The molecule has 0 saturated heterocycles. The first kappa shape index (κ1) is 12.5. The van der Waals surface area contributed by atoms with E-state index in [1.54, 1.807) is 23.3 Å². The monoisotopic (exact) mass is 241 g/mol. The van der Waals surface area contributed by atoms with E-state index in [4.69, 9.17) is 10.9 Å². The highest BCUT2D eigenvalue weighted by Crippen LogP contribution is 2.10. The first-order chi connectivity index (χ1) is 7.63. The maximum Gasteiger partial charge on any atom is 0.227 e. The molecular formula is C10H15N3O2S. The summed E-state index contributed by atoms with van der Waals surface area (Å²) in [6, 6.07) is 3.85. The Bertz CT molecular complexity index is 362. The number of likely N-dealkylation sites (N-methyl/N-ethyl adjacent to an activating group) is 1. The van der Waals surface area contributed by atoms with Crippen molar-refractivity contribution in [2.75, 3.05) is 13.6 Å². The molecule has 0 spiro atoms. The molecule has 1 aromatic rings. The van der Waals surface area contributed by atoms with Crippen molar-refractivity contribution in [2.45, 2.75) is 12.8 Å². The summed E-state index contributed by atoms with van der Waals surface area (Å²) in [7, 11) is 1.71. The average Bonchev–Trinajstić information content (AvgIpc) is 2.77. The van der Waals surface area contributed by atoms with E-state index < -0.39 is 0 Å². The predicted octanol–water partition coefficient (Wildman–Crippen LogP) is 0.886. The lowest BCUT2D eigenvalue weighted by atomic mass is 10.3. The van der Waals surface area contributed by atoms with Crippen molar-refractivity contribution < 1.29 is 10.0 Å². The molecule has 1 aromatic heterocycles. The quantitative estimate of drug-likeness (QED) is 0.348. The molecule has 88 valence electrons. The van der Waals surface area contributed by atoms with Crippen molar-refractivity contribution >= 4 is 23.1 Å². The zero-order valence-electron chi connectivity index (χ0n) is 9.09. The summed E-state index contributed by atoms with van der Waals surface area (Å²) in [6.07, 6.45) is 0.785. The van der Waals surface area contributed by atoms with Gasteiger partial charge in [0.1, 0.15) is 5.84 Å². The van der Waals surface area contributed by atoms with Crippen LogP contribution in [0.1, 0.15) is 11.3 Å². The van der Waals surface area contributed by atoms with E-state index in [0.717, 1.165) is 4.88 Å². The van der Waals surface area contributed by atoms with Gasteiger partial charge in [-0.15, -0.1) is 11.3 Å². The van der Waals surface area contributed by atoms with Gasteiger partial charge in [-0.05, 0) is 11.4 Å². The van der Waals surface area contributed by atoms with Crippen LogP contribution >= 0.6 is 11.3 Å². The van der Waals surface area contributed by atoms with Gasteiger partial charge in [0.2, 0.25) is 5.91 Å². The molecule has 1 rings (SSSR count). The molecule has 0 saturated carbocycles. The van der Waals surface area contributed by atoms with E-state index in [9.17, 15) is 4.79 Å². The van der Waals surface area contributed by atoms with Crippen molar-refractivity contribution in [2.24, 2.45) is 10.9 Å². The number of rotatable bonds is 5. The van der Waals surface area contributed by atoms with Gasteiger partial charge in [-0.2, -0.15) is 0 Å². The van der Waals surface area contributed by atoms with Crippen LogP contribution in [0.15, 0.2) is 22.7 Å². The van der Waals surface area contributed by atoms with E-state index in [0.29, 0.717) is 19.4 Å². The molecule has 0 radical (unpaired) electrons. The van der Waals surface area contributed by atoms with Crippen LogP contribution in [-0.2, 0) is 11.2 Å². The lowest BCUT2D eigenvalue weighted by Crippen LogP contribution is -2.31. The lowest BCUT2D eigenvalue weighted by Gasteiger charge is -2.16. The second-order valence-electron chi connectivity index (χ2n) is 3.41. The Kier molecular flexibility index (Phi) is 4.78. The van der Waals surface area contributed by atoms with E-state index in [1.165, 1.54) is 0 Å². The number of nitrogens with two attached hydrogens (primary N) is 1. The highest BCUT2D eigenvalue weighted by atomic mass is 32.1. The Morgan fingerprint density at radius 1 is 1.69 bits per heavy atom. The van der Waals surface area contributed by atoms with Crippen molar-refractivity contribution in [1.29, 1.82) is 0 Å². The van der Waals surface area contributed by atoms with Crippen molar-refractivity contribution in [3.05, 3.63) is 22.4 Å². The fraction of sp³-hybridized carbons (Fsp3) is 0.400. The van der Waals surface area contributed by atoms with Gasteiger partial charge >= 0.3 is 0 Å². The summed E-state index contributed by atoms with van der Waals surface area (Å²) in [5, 5.41) is 13.2. The molecule has 0 fully saturated rings. The number of carbonyl (C=O) groups excluding carboxylic acids is 1. The van der Waals surface area contributed by atoms with Gasteiger partial charge in [0.15, 0.2) is 0 Å². The molecule has 16 heavy (non-hydrogen) atoms. The lowest BCUT2D eigenvalue weighted by molar-refractivity contribution is -0.129. The molecule has 6 heteroatoms. The van der Waals surface area contributed by atoms with Gasteiger partial charge in [0.05, 0.1) is 6.42 Å². The smallest absolute Gasteiger partial charge is 0.227 e. The minimum absolute atomic E-state index is 0.0354. The van der Waals surface area contributed by atoms with Gasteiger partial charge in [-0.1, -0.05) is 11.2 Å². The Hall–Kier alpha value is -1.56. The molecule has 0 aliphatic heterocycles. The highest BCUT2D eigenvalue weighted by molar-refractivity contribution is 7.10. The first-order valence-corrected chi connectivity index (χ1v) is 5.74. The Balaban J connectivity index is 2.36. The second kappa shape index (κ2) is 6.12. The Morgan fingerprint density at radius 2 is 2.44 bits per heavy atom. The standard InChI is InChI=1S/C10H15N3O2S/c1-13(5-4-9(11)12-15)10(14)7-8-3-2-6-16-8/h2-3,6,15H,4-5,7H2,1H3,(H2,11,12). The van der Waals surface area contributed by atoms with E-state index in [2.05, 4.69) is 5.16 Å². The van der Waals surface area contributed by atoms with Crippen LogP contribution in [0, 0.1) is 0 Å². The fourth-order valence-corrected chi connectivity index (χ4v) is 1.85. The Labute approximate surface area is 98.2 Å². The van der Waals surface area contributed by atoms with Gasteiger partial charge in [0, 0.05) is 24.9 Å². The summed E-state index contributed by atoms with van der Waals surface area (Å²) in [5.41, 5.74) is 5.32. The first-order valence-electron chi connectivity index (χ1n) is 4.86. The van der Waals surface area contributed by atoms with E-state index in [1.807, 2.05) is 17.5 Å². The third kappa shape index (κ3) is 3.90. The molecular weight excluding hydrogens is 226 g/mol. The summed E-state index contributed by atoms with van der Waals surface area (Å²) in [6.45, 7) is 0.458. The van der Waals surface area contributed by atoms with Crippen molar-refractivity contribution in [3.63, 3.8) is 0 Å². The van der Waals surface area contributed by atoms with Crippen LogP contribution < -0.4 is 5.73 Å². The third-order valence-corrected chi connectivity index (χ3v) is 3.04. The molecule has 5 nitrogen and oxygen atoms in total. The number of amides is 1. The number of amidine groups is 1. The highest BCUT2D eigenvalue weighted by Gasteiger charge is 2.10. The minimum Gasteiger partial charge on any atom is -0.409 e. The molecule has 0 aliphatic carbocycles. The number of carbonyl (C=O) groups is 1. The second-order valence-corrected chi connectivity index (χ2v) is 4.45. The van der Waals surface area contributed by atoms with Crippen LogP contribution in [0.4, 0.5) is 0 Å². The average molecular weight is 241 g/mol. The normalized spacial score (nSPS) is 11.4. The largest absolute Gasteiger partial charge is 0.409 e. The molecule has 0 aliphatic rings. The number of thiophene rings is 1. The van der Waals surface area contributed by atoms with Gasteiger partial charge in [0.25, 0.3) is 0 Å². The van der Waals surface area contributed by atoms with Crippen molar-refractivity contribution in [3.8, 4) is 0 Å². The van der Waals surface area contributed by atoms with Crippen LogP contribution in [-0.4, -0.2) is 35.4 Å². The topological polar surface area (TPSA) is 78.9 Å². The third-order valence-electron chi connectivity index (χ3n) is 2.16. The summed E-state index contributed by atoms with van der Waals surface area (Å²) in [4.78, 5) is 14.3. The maximum absolute atomic E-state index is 11.7. The number of nitrogens with zero attached hydrogens (tertiary/aromatic N) is 2. The molecule has 1 amide bonds. The summed E-state index contributed by atoms with van der Waals surface area (Å²) < 4.78 is 0. The van der Waals surface area contributed by atoms with E-state index >= 15 is 0 Å². The van der Waals surface area contributed by atoms with Gasteiger partial charge in [-0.3, -0.25) is 4.79 Å². The number of hydrogen-bond donors (Lipinski definition) is 2. The van der Waals surface area contributed by atoms with Gasteiger partial charge < -0.3 is 15.8 Å². The number of hydrogen-bond acceptors (Lipinski definition) is 4. The minimum atomic E-state index is 0.0354. The van der Waals surface area contributed by atoms with Crippen LogP contribution in [0.3, 0.4) is 0 Å². The van der Waals surface area contributed by atoms with Crippen LogP contribution in [0.25, 0.3) is 0 Å². The summed E-state index contributed by atoms with van der Waals surface area (Å²) in [5.74, 6) is 0.170. The zero-order valence-corrected chi connectivity index (χ0v) is 9.91. The maximum atomic E-state index is 11.7. The van der Waals surface area contributed by atoms with Crippen LogP contribution in [0.2, 0.25) is 0 Å². The number of oxime groups is 1. The van der Waals surface area contributed by atoms with Gasteiger partial charge in [-0.25, -0.2) is 0 Å². The van der Waals surface area contributed by atoms with E-state index in [-0.39, 0.29) is 11.7 Å². The molecule has 3 N–H and O–H groups in total. The molecule has 1 heterocycles. The zero-order chi connectivity index (χ0) is 12.0. The molecule has 0 unspecified atom stereocenters. The SMILES string of the molecule is CN(CC/C(N)=N/O)C(=O)Cc1cccs1. The summed E-state index contributed by atoms with van der Waals surface area (Å²) >= 11 is 1.56. The Morgan fingerprint density at radius 3 is 3.00 bits per heavy atom.